The number of sulfone groups is 1. The quantitative estimate of drug-likeness (QED) is 0.605. The van der Waals surface area contributed by atoms with E-state index in [1.165, 1.54) is 10.5 Å². The van der Waals surface area contributed by atoms with Gasteiger partial charge in [0.2, 0.25) is 0 Å². The molecule has 0 spiro atoms. The van der Waals surface area contributed by atoms with Crippen LogP contribution >= 0.6 is 0 Å². The lowest BCUT2D eigenvalue weighted by Crippen LogP contribution is -2.48. The van der Waals surface area contributed by atoms with Crippen molar-refractivity contribution < 1.29 is 18.0 Å². The maximum atomic E-state index is 12.3. The molecule has 0 aliphatic carbocycles. The van der Waals surface area contributed by atoms with Gasteiger partial charge < -0.3 is 10.2 Å². The lowest BCUT2D eigenvalue weighted by molar-refractivity contribution is -0.147. The zero-order chi connectivity index (χ0) is 17.6. The number of hydrogen-bond acceptors (Lipinski definition) is 4. The third-order valence-electron chi connectivity index (χ3n) is 4.22. The maximum Gasteiger partial charge on any atom is 0.312 e. The van der Waals surface area contributed by atoms with Crippen LogP contribution in [0.1, 0.15) is 25.3 Å². The molecule has 0 radical (unpaired) electrons. The summed E-state index contributed by atoms with van der Waals surface area (Å²) < 4.78 is 23.1. The van der Waals surface area contributed by atoms with E-state index in [0.717, 1.165) is 12.8 Å². The molecule has 0 bridgehead atoms. The molecule has 1 aliphatic rings. The summed E-state index contributed by atoms with van der Waals surface area (Å²) in [5.74, 6) is -1.26. The number of aryl methyl sites for hydroxylation is 1. The smallest absolute Gasteiger partial charge is 0.312 e. The Bertz CT molecular complexity index is 673. The van der Waals surface area contributed by atoms with Crippen molar-refractivity contribution in [1.29, 1.82) is 0 Å². The van der Waals surface area contributed by atoms with Crippen LogP contribution in [0.4, 0.5) is 0 Å². The van der Waals surface area contributed by atoms with E-state index in [0.29, 0.717) is 19.5 Å². The van der Waals surface area contributed by atoms with Crippen molar-refractivity contribution in [3.63, 3.8) is 0 Å². The first-order valence-electron chi connectivity index (χ1n) is 8.26. The molecule has 2 amide bonds. The summed E-state index contributed by atoms with van der Waals surface area (Å²) in [6.07, 6.45) is 1.98. The van der Waals surface area contributed by atoms with Crippen LogP contribution in [0.3, 0.4) is 0 Å². The van der Waals surface area contributed by atoms with Crippen LogP contribution < -0.4 is 5.32 Å². The van der Waals surface area contributed by atoms with Gasteiger partial charge in [0.15, 0.2) is 9.84 Å². The zero-order valence-electron chi connectivity index (χ0n) is 13.9. The Balaban J connectivity index is 1.79. The van der Waals surface area contributed by atoms with Crippen LogP contribution in [0.5, 0.6) is 0 Å². The fraction of sp³-hybridized carbons (Fsp3) is 0.529. The number of rotatable bonds is 6. The highest BCUT2D eigenvalue weighted by molar-refractivity contribution is 7.91. The van der Waals surface area contributed by atoms with Gasteiger partial charge in [0.1, 0.15) is 0 Å². The number of nitrogens with zero attached hydrogens (tertiary/aromatic N) is 1. The van der Waals surface area contributed by atoms with E-state index in [9.17, 15) is 18.0 Å². The highest BCUT2D eigenvalue weighted by atomic mass is 32.2. The molecule has 1 atom stereocenters. The molecule has 1 saturated heterocycles. The van der Waals surface area contributed by atoms with Gasteiger partial charge in [0.25, 0.3) is 0 Å². The summed E-state index contributed by atoms with van der Waals surface area (Å²) in [7, 11) is -3.09. The van der Waals surface area contributed by atoms with Gasteiger partial charge in [-0.2, -0.15) is 0 Å². The molecule has 1 N–H and O–H groups in total. The van der Waals surface area contributed by atoms with Gasteiger partial charge in [-0.1, -0.05) is 30.3 Å². The maximum absolute atomic E-state index is 12.3. The number of benzene rings is 1. The second-order valence-corrected chi connectivity index (χ2v) is 8.22. The Morgan fingerprint density at radius 3 is 2.54 bits per heavy atom. The van der Waals surface area contributed by atoms with Crippen LogP contribution in [0.2, 0.25) is 0 Å². The topological polar surface area (TPSA) is 83.6 Å². The van der Waals surface area contributed by atoms with Gasteiger partial charge in [-0.05, 0) is 31.7 Å². The normalized spacial score (nSPS) is 19.0. The third kappa shape index (κ3) is 5.06. The first-order valence-corrected chi connectivity index (χ1v) is 10.1. The Morgan fingerprint density at radius 2 is 1.96 bits per heavy atom. The van der Waals surface area contributed by atoms with E-state index in [2.05, 4.69) is 5.32 Å². The zero-order valence-corrected chi connectivity index (χ0v) is 14.7. The number of carbonyl (C=O) groups excluding carboxylic acids is 2. The van der Waals surface area contributed by atoms with Crippen molar-refractivity contribution in [1.82, 2.24) is 10.2 Å². The SMILES string of the molecule is CCN(C(=O)C(=O)NCCCc1ccccc1)C1CCS(=O)(=O)C1. The minimum atomic E-state index is -3.09. The van der Waals surface area contributed by atoms with Gasteiger partial charge in [-0.3, -0.25) is 9.59 Å². The summed E-state index contributed by atoms with van der Waals surface area (Å²) >= 11 is 0. The summed E-state index contributed by atoms with van der Waals surface area (Å²) in [4.78, 5) is 25.6. The molecule has 0 saturated carbocycles. The van der Waals surface area contributed by atoms with Crippen molar-refractivity contribution in [3.05, 3.63) is 35.9 Å². The van der Waals surface area contributed by atoms with E-state index in [1.807, 2.05) is 30.3 Å². The molecule has 24 heavy (non-hydrogen) atoms. The van der Waals surface area contributed by atoms with Crippen molar-refractivity contribution >= 4 is 21.7 Å². The first kappa shape index (κ1) is 18.4. The fourth-order valence-electron chi connectivity index (χ4n) is 2.93. The average Bonchev–Trinajstić information content (AvgIpc) is 2.92. The van der Waals surface area contributed by atoms with Gasteiger partial charge in [0.05, 0.1) is 11.5 Å². The fourth-order valence-corrected chi connectivity index (χ4v) is 4.66. The second kappa shape index (κ2) is 8.28. The Kier molecular flexibility index (Phi) is 6.36. The van der Waals surface area contributed by atoms with Gasteiger partial charge >= 0.3 is 11.8 Å². The van der Waals surface area contributed by atoms with Crippen LogP contribution in [-0.2, 0) is 25.8 Å². The highest BCUT2D eigenvalue weighted by Gasteiger charge is 2.35. The van der Waals surface area contributed by atoms with Crippen LogP contribution in [0.15, 0.2) is 30.3 Å². The molecule has 6 nitrogen and oxygen atoms in total. The molecular formula is C17H24N2O4S. The molecule has 1 fully saturated rings. The largest absolute Gasteiger partial charge is 0.348 e. The second-order valence-electron chi connectivity index (χ2n) is 5.99. The molecule has 1 aromatic rings. The molecule has 1 unspecified atom stereocenters. The summed E-state index contributed by atoms with van der Waals surface area (Å²) in [6, 6.07) is 9.53. The predicted molar refractivity (Wildman–Crippen MR) is 92.2 cm³/mol. The van der Waals surface area contributed by atoms with E-state index in [1.54, 1.807) is 6.92 Å². The minimum Gasteiger partial charge on any atom is -0.348 e. The van der Waals surface area contributed by atoms with Crippen molar-refractivity contribution in [2.75, 3.05) is 24.6 Å². The molecule has 1 heterocycles. The van der Waals surface area contributed by atoms with Crippen LogP contribution in [-0.4, -0.2) is 55.8 Å². The number of carbonyl (C=O) groups is 2. The van der Waals surface area contributed by atoms with E-state index < -0.39 is 21.7 Å². The van der Waals surface area contributed by atoms with Crippen LogP contribution in [0.25, 0.3) is 0 Å². The summed E-state index contributed by atoms with van der Waals surface area (Å²) in [5.41, 5.74) is 1.18. The molecule has 0 aromatic heterocycles. The highest BCUT2D eigenvalue weighted by Crippen LogP contribution is 2.17. The molecule has 2 rings (SSSR count). The number of hydrogen-bond donors (Lipinski definition) is 1. The number of likely N-dealkylation sites (N-methyl/N-ethyl adjacent to an activating group) is 1. The number of nitrogens with one attached hydrogen (secondary N) is 1. The van der Waals surface area contributed by atoms with Gasteiger partial charge in [-0.25, -0.2) is 8.42 Å². The van der Waals surface area contributed by atoms with Crippen LogP contribution in [0, 0.1) is 0 Å². The predicted octanol–water partition coefficient (Wildman–Crippen LogP) is 0.771. The average molecular weight is 352 g/mol. The first-order chi connectivity index (χ1) is 11.4. The van der Waals surface area contributed by atoms with Crippen molar-refractivity contribution in [3.8, 4) is 0 Å². The van der Waals surface area contributed by atoms with E-state index >= 15 is 0 Å². The van der Waals surface area contributed by atoms with Gasteiger partial charge in [0, 0.05) is 19.1 Å². The number of amides is 2. The molecule has 7 heteroatoms. The molecule has 1 aliphatic heterocycles. The Labute approximate surface area is 143 Å². The van der Waals surface area contributed by atoms with E-state index in [4.69, 9.17) is 0 Å². The van der Waals surface area contributed by atoms with Crippen molar-refractivity contribution in [2.45, 2.75) is 32.2 Å². The monoisotopic (exact) mass is 352 g/mol. The molecular weight excluding hydrogens is 328 g/mol. The lowest BCUT2D eigenvalue weighted by atomic mass is 10.1. The Morgan fingerprint density at radius 1 is 1.25 bits per heavy atom. The lowest BCUT2D eigenvalue weighted by Gasteiger charge is -2.26. The molecule has 1 aromatic carbocycles. The summed E-state index contributed by atoms with van der Waals surface area (Å²) in [6.45, 7) is 2.50. The standard InChI is InChI=1S/C17H24N2O4S/c1-2-19(15-10-12-24(22,23)13-15)17(21)16(20)18-11-6-9-14-7-4-3-5-8-14/h3-5,7-8,15H,2,6,9-13H2,1H3,(H,18,20). The Hall–Kier alpha value is -1.89. The molecule has 132 valence electrons. The summed E-state index contributed by atoms with van der Waals surface area (Å²) in [5, 5.41) is 2.63. The minimum absolute atomic E-state index is 0.0478. The van der Waals surface area contributed by atoms with Gasteiger partial charge in [-0.15, -0.1) is 0 Å². The van der Waals surface area contributed by atoms with Crippen molar-refractivity contribution in [2.24, 2.45) is 0 Å². The third-order valence-corrected chi connectivity index (χ3v) is 5.97. The van der Waals surface area contributed by atoms with E-state index in [-0.39, 0.29) is 17.5 Å².